The van der Waals surface area contributed by atoms with E-state index in [9.17, 15) is 32.3 Å². The van der Waals surface area contributed by atoms with Crippen LogP contribution in [0.2, 0.25) is 38.3 Å². The number of carbonyl (C=O) groups excluding carboxylic acids is 4. The van der Waals surface area contributed by atoms with Crippen LogP contribution in [0.15, 0.2) is 36.4 Å². The minimum Gasteiger partial charge on any atom is -0.455 e. The lowest BCUT2D eigenvalue weighted by Gasteiger charge is -2.34. The van der Waals surface area contributed by atoms with Gasteiger partial charge in [-0.15, -0.1) is 0 Å². The first kappa shape index (κ1) is 32.8. The molecule has 2 aliphatic heterocycles. The number of rotatable bonds is 11. The van der Waals surface area contributed by atoms with Gasteiger partial charge in [0, 0.05) is 13.1 Å². The van der Waals surface area contributed by atoms with Crippen LogP contribution in [0.5, 0.6) is 0 Å². The molecule has 0 atom stereocenters. The second-order valence-corrected chi connectivity index (χ2v) is 22.1. The molecule has 0 aromatic heterocycles. The van der Waals surface area contributed by atoms with Crippen LogP contribution in [0, 0.1) is 6.92 Å². The van der Waals surface area contributed by atoms with Crippen molar-refractivity contribution in [2.24, 2.45) is 0 Å². The Kier molecular flexibility index (Phi) is 8.73. The molecule has 0 bridgehead atoms. The van der Waals surface area contributed by atoms with Crippen LogP contribution < -0.4 is 0 Å². The Morgan fingerprint density at radius 2 is 1.09 bits per heavy atom. The average molecular weight is 633 g/mol. The van der Waals surface area contributed by atoms with Gasteiger partial charge in [-0.3, -0.25) is 29.0 Å². The summed E-state index contributed by atoms with van der Waals surface area (Å²) in [6.45, 7) is 12.9. The van der Waals surface area contributed by atoms with Crippen molar-refractivity contribution in [3.05, 3.63) is 69.8 Å². The van der Waals surface area contributed by atoms with Crippen LogP contribution in [0.1, 0.15) is 79.2 Å². The maximum Gasteiger partial charge on any atom is 0.397 e. The van der Waals surface area contributed by atoms with Crippen LogP contribution in [0.4, 0.5) is 13.2 Å². The van der Waals surface area contributed by atoms with Crippen molar-refractivity contribution in [1.29, 1.82) is 0 Å². The van der Waals surface area contributed by atoms with Crippen molar-refractivity contribution < 1.29 is 36.5 Å². The van der Waals surface area contributed by atoms with E-state index in [4.69, 9.17) is 4.12 Å². The summed E-state index contributed by atoms with van der Waals surface area (Å²) in [6.07, 6.45) is -3.35. The van der Waals surface area contributed by atoms with Crippen molar-refractivity contribution in [2.75, 3.05) is 13.1 Å². The molecule has 43 heavy (non-hydrogen) atoms. The third-order valence-corrected chi connectivity index (χ3v) is 15.9. The monoisotopic (exact) mass is 632 g/mol. The zero-order valence-corrected chi connectivity index (χ0v) is 27.8. The smallest absolute Gasteiger partial charge is 0.397 e. The van der Waals surface area contributed by atoms with Gasteiger partial charge < -0.3 is 4.12 Å². The fourth-order valence-electron chi connectivity index (χ4n) is 5.83. The van der Waals surface area contributed by atoms with Crippen LogP contribution in [0.25, 0.3) is 0 Å². The van der Waals surface area contributed by atoms with E-state index in [-0.39, 0.29) is 35.0 Å². The highest BCUT2D eigenvalue weighted by molar-refractivity contribution is 6.84. The number of aryl methyl sites for hydroxylation is 1. The van der Waals surface area contributed by atoms with E-state index in [1.807, 2.05) is 13.0 Å². The Morgan fingerprint density at radius 3 is 1.56 bits per heavy atom. The van der Waals surface area contributed by atoms with E-state index in [0.717, 1.165) is 30.4 Å². The molecule has 2 aromatic carbocycles. The van der Waals surface area contributed by atoms with Gasteiger partial charge in [0.05, 0.1) is 27.7 Å². The Morgan fingerprint density at radius 1 is 0.674 bits per heavy atom. The molecular formula is C31H39F3N2O5Si2. The standard InChI is InChI=1S/C31H39F3N2O5Si2/c1-20-10-12-22-24(18-20)28(39)35(26(22)37)14-8-16-42(4,5)41-43(6,7)17-9-15-36-27(38)23-13-11-21(19-25(23)29(36)40)30(2,3)31(32,33)34/h10-13,18-19H,8-9,14-17H2,1-7H3. The molecule has 0 unspecified atom stereocenters. The molecule has 0 N–H and O–H groups in total. The van der Waals surface area contributed by atoms with Gasteiger partial charge in [0.1, 0.15) is 0 Å². The van der Waals surface area contributed by atoms with Crippen molar-refractivity contribution in [1.82, 2.24) is 9.80 Å². The molecule has 0 saturated heterocycles. The minimum atomic E-state index is -4.51. The molecule has 0 radical (unpaired) electrons. The first-order chi connectivity index (χ1) is 19.8. The third kappa shape index (κ3) is 6.56. The molecule has 0 fully saturated rings. The van der Waals surface area contributed by atoms with Gasteiger partial charge >= 0.3 is 6.18 Å². The number of benzene rings is 2. The summed E-state index contributed by atoms with van der Waals surface area (Å²) in [5.74, 6) is -1.58. The number of nitrogens with zero attached hydrogens (tertiary/aromatic N) is 2. The first-order valence-electron chi connectivity index (χ1n) is 14.5. The molecule has 2 aliphatic rings. The summed E-state index contributed by atoms with van der Waals surface area (Å²) < 4.78 is 47.3. The molecule has 12 heteroatoms. The zero-order chi connectivity index (χ0) is 32.1. The van der Waals surface area contributed by atoms with Crippen molar-refractivity contribution in [2.45, 2.75) is 83.5 Å². The number of hydrogen-bond donors (Lipinski definition) is 0. The number of hydrogen-bond acceptors (Lipinski definition) is 5. The molecule has 0 spiro atoms. The number of fused-ring (bicyclic) bond motifs is 2. The van der Waals surface area contributed by atoms with E-state index in [1.54, 1.807) is 12.1 Å². The van der Waals surface area contributed by atoms with Gasteiger partial charge in [-0.2, -0.15) is 13.2 Å². The Bertz CT molecular complexity index is 1490. The number of imide groups is 2. The number of halogens is 3. The molecule has 0 aliphatic carbocycles. The topological polar surface area (TPSA) is 84.0 Å². The molecule has 2 aromatic rings. The number of carbonyl (C=O) groups is 4. The summed E-state index contributed by atoms with van der Waals surface area (Å²) in [7, 11) is -4.39. The fraction of sp³-hybridized carbons (Fsp3) is 0.484. The van der Waals surface area contributed by atoms with E-state index >= 15 is 0 Å². The van der Waals surface area contributed by atoms with E-state index < -0.39 is 40.0 Å². The Labute approximate surface area is 252 Å². The van der Waals surface area contributed by atoms with Crippen LogP contribution in [0.3, 0.4) is 0 Å². The third-order valence-electron chi connectivity index (χ3n) is 8.40. The zero-order valence-electron chi connectivity index (χ0n) is 25.8. The molecule has 232 valence electrons. The van der Waals surface area contributed by atoms with Gasteiger partial charge in [-0.05, 0) is 102 Å². The second kappa shape index (κ2) is 11.4. The molecule has 2 heterocycles. The molecule has 4 amide bonds. The number of amides is 4. The average Bonchev–Trinajstić information content (AvgIpc) is 3.26. The summed E-state index contributed by atoms with van der Waals surface area (Å²) in [5.41, 5.74) is -0.260. The molecule has 4 rings (SSSR count). The summed E-state index contributed by atoms with van der Waals surface area (Å²) in [4.78, 5) is 53.9. The maximum atomic E-state index is 13.6. The minimum absolute atomic E-state index is 0.00863. The lowest BCUT2D eigenvalue weighted by atomic mass is 9.82. The summed E-state index contributed by atoms with van der Waals surface area (Å²) in [5, 5.41) is 0. The highest BCUT2D eigenvalue weighted by atomic mass is 28.4. The van der Waals surface area contributed by atoms with E-state index in [2.05, 4.69) is 26.2 Å². The lowest BCUT2D eigenvalue weighted by molar-refractivity contribution is -0.180. The van der Waals surface area contributed by atoms with Crippen molar-refractivity contribution >= 4 is 40.3 Å². The second-order valence-electron chi connectivity index (χ2n) is 13.3. The van der Waals surface area contributed by atoms with E-state index in [1.165, 1.54) is 23.1 Å². The molecule has 0 saturated carbocycles. The van der Waals surface area contributed by atoms with Gasteiger partial charge in [0.25, 0.3) is 23.6 Å². The lowest BCUT2D eigenvalue weighted by Crippen LogP contribution is -2.45. The van der Waals surface area contributed by atoms with E-state index in [0.29, 0.717) is 36.6 Å². The largest absolute Gasteiger partial charge is 0.455 e. The quantitative estimate of drug-likeness (QED) is 0.198. The Hall–Kier alpha value is -3.10. The summed E-state index contributed by atoms with van der Waals surface area (Å²) in [6, 6.07) is 10.5. The SMILES string of the molecule is Cc1ccc2c(c1)C(=O)N(CCC[Si](C)(C)O[Si](C)(C)CCCN1C(=O)c3ccc(C(C)(C)C(F)(F)F)cc3C1=O)C2=O. The predicted octanol–water partition coefficient (Wildman–Crippen LogP) is 6.93. The van der Waals surface area contributed by atoms with Gasteiger partial charge in [-0.25, -0.2) is 0 Å². The van der Waals surface area contributed by atoms with Gasteiger partial charge in [-0.1, -0.05) is 17.7 Å². The highest BCUT2D eigenvalue weighted by Crippen LogP contribution is 2.41. The molecular weight excluding hydrogens is 594 g/mol. The summed E-state index contributed by atoms with van der Waals surface area (Å²) >= 11 is 0. The van der Waals surface area contributed by atoms with Crippen molar-refractivity contribution in [3.63, 3.8) is 0 Å². The number of alkyl halides is 3. The maximum absolute atomic E-state index is 13.6. The van der Waals surface area contributed by atoms with Crippen LogP contribution in [-0.4, -0.2) is 69.3 Å². The van der Waals surface area contributed by atoms with Crippen LogP contribution in [-0.2, 0) is 9.53 Å². The predicted molar refractivity (Wildman–Crippen MR) is 162 cm³/mol. The van der Waals surface area contributed by atoms with Gasteiger partial charge in [0.2, 0.25) is 0 Å². The fourth-order valence-corrected chi connectivity index (χ4v) is 14.6. The first-order valence-corrected chi connectivity index (χ1v) is 20.7. The van der Waals surface area contributed by atoms with Crippen molar-refractivity contribution in [3.8, 4) is 0 Å². The molecule has 7 nitrogen and oxygen atoms in total. The highest BCUT2D eigenvalue weighted by Gasteiger charge is 2.49. The van der Waals surface area contributed by atoms with Gasteiger partial charge in [0.15, 0.2) is 16.6 Å². The normalized spacial score (nSPS) is 16.0. The van der Waals surface area contributed by atoms with Crippen LogP contribution >= 0.6 is 0 Å². The Balaban J connectivity index is 1.29.